The molecule has 1 aliphatic rings. The highest BCUT2D eigenvalue weighted by Crippen LogP contribution is 2.42. The molecule has 1 aliphatic heterocycles. The molecule has 8 heteroatoms. The van der Waals surface area contributed by atoms with Gasteiger partial charge in [-0.3, -0.25) is 14.5 Å². The number of anilines is 1. The fourth-order valence-electron chi connectivity index (χ4n) is 3.94. The molecule has 160 valence electrons. The van der Waals surface area contributed by atoms with Crippen molar-refractivity contribution in [3.8, 4) is 0 Å². The van der Waals surface area contributed by atoms with Gasteiger partial charge in [0.05, 0.1) is 22.9 Å². The number of halogens is 1. The largest absolute Gasteiger partial charge is 0.507 e. The number of amides is 1. The molecule has 0 bridgehead atoms. The minimum atomic E-state index is -1.04. The molecule has 2 N–H and O–H groups in total. The van der Waals surface area contributed by atoms with Gasteiger partial charge in [-0.2, -0.15) is 0 Å². The van der Waals surface area contributed by atoms with Crippen LogP contribution < -0.4 is 4.90 Å². The van der Waals surface area contributed by atoms with Crippen molar-refractivity contribution in [3.63, 3.8) is 0 Å². The fourth-order valence-corrected chi connectivity index (χ4v) is 3.94. The van der Waals surface area contributed by atoms with Gasteiger partial charge in [0.25, 0.3) is 5.78 Å². The number of aromatic amines is 1. The van der Waals surface area contributed by atoms with Gasteiger partial charge in [0.2, 0.25) is 5.95 Å². The predicted octanol–water partition coefficient (Wildman–Crippen LogP) is 4.54. The molecule has 0 radical (unpaired) electrons. The molecule has 1 amide bonds. The molecular formula is C24H18FN3O4. The number of Topliss-reactive ketones (excluding diaryl/α,β-unsaturated/α-hetero) is 1. The van der Waals surface area contributed by atoms with E-state index in [9.17, 15) is 19.1 Å². The molecule has 1 saturated heterocycles. The summed E-state index contributed by atoms with van der Waals surface area (Å²) in [5, 5.41) is 11.0. The molecule has 4 aromatic rings. The Hall–Kier alpha value is -4.20. The molecule has 0 spiro atoms. The molecule has 5 rings (SSSR count). The number of benzene rings is 2. The van der Waals surface area contributed by atoms with Crippen LogP contribution in [0.15, 0.2) is 64.8 Å². The Kier molecular flexibility index (Phi) is 4.44. The first-order valence-corrected chi connectivity index (χ1v) is 9.92. The summed E-state index contributed by atoms with van der Waals surface area (Å²) in [6.45, 7) is 3.48. The number of hydrogen-bond donors (Lipinski definition) is 2. The molecule has 1 atom stereocenters. The van der Waals surface area contributed by atoms with Crippen molar-refractivity contribution in [2.24, 2.45) is 0 Å². The van der Waals surface area contributed by atoms with Gasteiger partial charge in [-0.1, -0.05) is 6.07 Å². The maximum absolute atomic E-state index is 13.7. The number of aliphatic hydroxyl groups is 1. The number of carbonyl (C=O) groups excluding carboxylic acids is 2. The average molecular weight is 431 g/mol. The maximum Gasteiger partial charge on any atom is 0.302 e. The van der Waals surface area contributed by atoms with Crippen LogP contribution in [-0.2, 0) is 9.59 Å². The number of fused-ring (bicyclic) bond motifs is 1. The Bertz CT molecular complexity index is 1420. The van der Waals surface area contributed by atoms with Crippen LogP contribution in [0.3, 0.4) is 0 Å². The third kappa shape index (κ3) is 2.99. The molecule has 2 aromatic heterocycles. The average Bonchev–Trinajstić information content (AvgIpc) is 3.48. The highest BCUT2D eigenvalue weighted by Gasteiger charge is 2.49. The van der Waals surface area contributed by atoms with Gasteiger partial charge in [0.15, 0.2) is 0 Å². The summed E-state index contributed by atoms with van der Waals surface area (Å²) in [6.07, 6.45) is 1.42. The minimum absolute atomic E-state index is 0.156. The number of imidazole rings is 1. The van der Waals surface area contributed by atoms with Gasteiger partial charge in [0, 0.05) is 5.56 Å². The highest BCUT2D eigenvalue weighted by atomic mass is 19.1. The van der Waals surface area contributed by atoms with Crippen LogP contribution in [-0.4, -0.2) is 26.8 Å². The summed E-state index contributed by atoms with van der Waals surface area (Å²) in [7, 11) is 0. The molecule has 3 heterocycles. The molecule has 1 fully saturated rings. The monoisotopic (exact) mass is 431 g/mol. The smallest absolute Gasteiger partial charge is 0.302 e. The summed E-state index contributed by atoms with van der Waals surface area (Å²) in [5.41, 5.74) is 2.69. The van der Waals surface area contributed by atoms with Crippen molar-refractivity contribution < 1.29 is 23.5 Å². The van der Waals surface area contributed by atoms with Crippen molar-refractivity contribution in [1.82, 2.24) is 9.97 Å². The van der Waals surface area contributed by atoms with Crippen LogP contribution in [0.1, 0.15) is 28.5 Å². The molecular weight excluding hydrogens is 413 g/mol. The van der Waals surface area contributed by atoms with Gasteiger partial charge >= 0.3 is 5.91 Å². The van der Waals surface area contributed by atoms with E-state index in [1.54, 1.807) is 19.1 Å². The van der Waals surface area contributed by atoms with Crippen LogP contribution in [0.25, 0.3) is 16.8 Å². The second-order valence-electron chi connectivity index (χ2n) is 7.73. The summed E-state index contributed by atoms with van der Waals surface area (Å²) < 4.78 is 19.3. The van der Waals surface area contributed by atoms with Gasteiger partial charge in [-0.05, 0) is 67.4 Å². The van der Waals surface area contributed by atoms with Crippen molar-refractivity contribution in [1.29, 1.82) is 0 Å². The first-order chi connectivity index (χ1) is 15.3. The number of nitrogens with zero attached hydrogens (tertiary/aromatic N) is 2. The quantitative estimate of drug-likeness (QED) is 0.282. The van der Waals surface area contributed by atoms with Gasteiger partial charge in [-0.15, -0.1) is 0 Å². The predicted molar refractivity (Wildman–Crippen MR) is 115 cm³/mol. The Morgan fingerprint density at radius 1 is 1.16 bits per heavy atom. The molecule has 1 unspecified atom stereocenters. The first kappa shape index (κ1) is 19.7. The minimum Gasteiger partial charge on any atom is -0.507 e. The number of nitrogens with one attached hydrogen (secondary N) is 1. The van der Waals surface area contributed by atoms with E-state index in [-0.39, 0.29) is 22.8 Å². The maximum atomic E-state index is 13.7. The number of ketones is 1. The van der Waals surface area contributed by atoms with E-state index in [4.69, 9.17) is 4.42 Å². The Morgan fingerprint density at radius 2 is 1.97 bits per heavy atom. The number of aryl methyl sites for hydroxylation is 2. The number of rotatable bonds is 3. The van der Waals surface area contributed by atoms with Crippen molar-refractivity contribution >= 4 is 34.4 Å². The lowest BCUT2D eigenvalue weighted by Crippen LogP contribution is -2.30. The Morgan fingerprint density at radius 3 is 2.69 bits per heavy atom. The van der Waals surface area contributed by atoms with E-state index in [0.29, 0.717) is 16.6 Å². The van der Waals surface area contributed by atoms with Crippen LogP contribution in [0.2, 0.25) is 0 Å². The van der Waals surface area contributed by atoms with Crippen LogP contribution in [0, 0.1) is 19.7 Å². The number of H-pyrrole nitrogens is 1. The van der Waals surface area contributed by atoms with E-state index in [2.05, 4.69) is 9.97 Å². The number of hydrogen-bond acceptors (Lipinski definition) is 5. The van der Waals surface area contributed by atoms with Gasteiger partial charge in [0.1, 0.15) is 23.4 Å². The SMILES string of the molecule is Cc1ccc2nc(N3C(=O)C(=O)/C(=C(/O)c4ccc(F)c(C)c4)C3c3ccco3)[nH]c2c1. The van der Waals surface area contributed by atoms with E-state index in [0.717, 1.165) is 5.56 Å². The molecule has 32 heavy (non-hydrogen) atoms. The topological polar surface area (TPSA) is 99.4 Å². The third-order valence-corrected chi connectivity index (χ3v) is 5.54. The lowest BCUT2D eigenvalue weighted by Gasteiger charge is -2.20. The van der Waals surface area contributed by atoms with E-state index in [1.165, 1.54) is 29.4 Å². The Balaban J connectivity index is 1.71. The number of aliphatic hydroxyl groups excluding tert-OH is 1. The summed E-state index contributed by atoms with van der Waals surface area (Å²) >= 11 is 0. The van der Waals surface area contributed by atoms with E-state index < -0.39 is 29.3 Å². The fraction of sp³-hybridized carbons (Fsp3) is 0.125. The zero-order valence-corrected chi connectivity index (χ0v) is 17.2. The molecule has 0 aliphatic carbocycles. The standard InChI is InChI=1S/C24H18FN3O4/c1-12-5-8-16-17(10-12)27-24(26-16)28-20(18-4-3-9-32-18)19(22(30)23(28)31)21(29)14-6-7-15(25)13(2)11-14/h3-11,20,29H,1-2H3,(H,26,27)/b21-19+. The second kappa shape index (κ2) is 7.19. The Labute approximate surface area is 181 Å². The van der Waals surface area contributed by atoms with Gasteiger partial charge in [-0.25, -0.2) is 9.37 Å². The summed E-state index contributed by atoms with van der Waals surface area (Å²) in [5.74, 6) is -2.17. The summed E-state index contributed by atoms with van der Waals surface area (Å²) in [4.78, 5) is 34.9. The number of aromatic nitrogens is 2. The molecule has 2 aromatic carbocycles. The van der Waals surface area contributed by atoms with Crippen molar-refractivity contribution in [2.75, 3.05) is 4.90 Å². The summed E-state index contributed by atoms with van der Waals surface area (Å²) in [6, 6.07) is 11.7. The van der Waals surface area contributed by atoms with Crippen LogP contribution >= 0.6 is 0 Å². The lowest BCUT2D eigenvalue weighted by molar-refractivity contribution is -0.132. The van der Waals surface area contributed by atoms with E-state index in [1.807, 2.05) is 25.1 Å². The normalized spacial score (nSPS) is 18.1. The van der Waals surface area contributed by atoms with Crippen molar-refractivity contribution in [3.05, 3.63) is 88.6 Å². The third-order valence-electron chi connectivity index (χ3n) is 5.54. The number of carbonyl (C=O) groups is 2. The zero-order valence-electron chi connectivity index (χ0n) is 17.2. The van der Waals surface area contributed by atoms with Crippen molar-refractivity contribution in [2.45, 2.75) is 19.9 Å². The highest BCUT2D eigenvalue weighted by molar-refractivity contribution is 6.51. The van der Waals surface area contributed by atoms with Gasteiger partial charge < -0.3 is 14.5 Å². The molecule has 7 nitrogen and oxygen atoms in total. The first-order valence-electron chi connectivity index (χ1n) is 9.92. The number of furan rings is 1. The second-order valence-corrected chi connectivity index (χ2v) is 7.73. The zero-order chi connectivity index (χ0) is 22.6. The lowest BCUT2D eigenvalue weighted by atomic mass is 9.98. The van der Waals surface area contributed by atoms with Crippen LogP contribution in [0.4, 0.5) is 10.3 Å². The van der Waals surface area contributed by atoms with Crippen LogP contribution in [0.5, 0.6) is 0 Å². The molecule has 0 saturated carbocycles. The van der Waals surface area contributed by atoms with E-state index >= 15 is 0 Å².